The topological polar surface area (TPSA) is 59.4 Å². The van der Waals surface area contributed by atoms with Gasteiger partial charge in [0.1, 0.15) is 6.61 Å². The van der Waals surface area contributed by atoms with E-state index in [1.54, 1.807) is 23.5 Å². The predicted molar refractivity (Wildman–Crippen MR) is 59.8 cm³/mol. The third-order valence-electron chi connectivity index (χ3n) is 1.89. The fourth-order valence-electron chi connectivity index (χ4n) is 1.15. The van der Waals surface area contributed by atoms with Gasteiger partial charge in [-0.1, -0.05) is 12.1 Å². The summed E-state index contributed by atoms with van der Waals surface area (Å²) in [5.74, 6) is -0.727. The highest BCUT2D eigenvalue weighted by atomic mass is 32.1. The normalized spacial score (nSPS) is 10.0. The summed E-state index contributed by atoms with van der Waals surface area (Å²) in [4.78, 5) is 15.6. The minimum atomic E-state index is -1.05. The van der Waals surface area contributed by atoms with Crippen molar-refractivity contribution in [2.24, 2.45) is 0 Å². The smallest absolute Gasteiger partial charge is 0.354 e. The van der Waals surface area contributed by atoms with Crippen LogP contribution in [0, 0.1) is 0 Å². The summed E-state index contributed by atoms with van der Waals surface area (Å²) in [6, 6.07) is 8.57. The Morgan fingerprint density at radius 1 is 1.38 bits per heavy atom. The number of ether oxygens (including phenoxy) is 1. The Morgan fingerprint density at radius 3 is 2.94 bits per heavy atom. The average Bonchev–Trinajstić information content (AvgIpc) is 2.79. The zero-order valence-corrected chi connectivity index (χ0v) is 9.11. The summed E-state index contributed by atoms with van der Waals surface area (Å²) >= 11 is 1.58. The van der Waals surface area contributed by atoms with Crippen LogP contribution in [0.15, 0.2) is 35.7 Å². The number of aromatic carboxylic acids is 1. The van der Waals surface area contributed by atoms with Crippen molar-refractivity contribution < 1.29 is 14.6 Å². The molecule has 0 aliphatic carbocycles. The maximum Gasteiger partial charge on any atom is 0.354 e. The summed E-state index contributed by atoms with van der Waals surface area (Å²) in [5, 5.41) is 10.7. The van der Waals surface area contributed by atoms with Gasteiger partial charge in [0.15, 0.2) is 5.69 Å². The third-order valence-corrected chi connectivity index (χ3v) is 2.73. The molecular weight excluding hydrogens is 226 g/mol. The van der Waals surface area contributed by atoms with Crippen LogP contribution < -0.4 is 4.74 Å². The van der Waals surface area contributed by atoms with Gasteiger partial charge < -0.3 is 9.84 Å². The molecule has 2 aromatic rings. The SMILES string of the molecule is O=C(O)c1cccc(OCc2cccs2)n1. The van der Waals surface area contributed by atoms with Crippen LogP contribution in [0.25, 0.3) is 0 Å². The molecule has 5 heteroatoms. The number of carbonyl (C=O) groups is 1. The Hall–Kier alpha value is -1.88. The van der Waals surface area contributed by atoms with Crippen LogP contribution in [0.3, 0.4) is 0 Å². The van der Waals surface area contributed by atoms with E-state index in [0.29, 0.717) is 12.5 Å². The molecule has 0 aliphatic heterocycles. The lowest BCUT2D eigenvalue weighted by Crippen LogP contribution is -2.02. The number of rotatable bonds is 4. The number of hydrogen-bond donors (Lipinski definition) is 1. The van der Waals surface area contributed by atoms with E-state index in [9.17, 15) is 4.79 Å². The van der Waals surface area contributed by atoms with E-state index in [1.165, 1.54) is 6.07 Å². The fourth-order valence-corrected chi connectivity index (χ4v) is 1.77. The van der Waals surface area contributed by atoms with E-state index in [-0.39, 0.29) is 5.69 Å². The molecule has 0 fully saturated rings. The summed E-state index contributed by atoms with van der Waals surface area (Å²) < 4.78 is 5.38. The number of hydrogen-bond acceptors (Lipinski definition) is 4. The summed E-state index contributed by atoms with van der Waals surface area (Å²) in [5.41, 5.74) is -0.0105. The van der Waals surface area contributed by atoms with E-state index in [0.717, 1.165) is 4.88 Å². The van der Waals surface area contributed by atoms with Crippen molar-refractivity contribution >= 4 is 17.3 Å². The Balaban J connectivity index is 2.04. The molecule has 0 spiro atoms. The highest BCUT2D eigenvalue weighted by Gasteiger charge is 2.05. The van der Waals surface area contributed by atoms with Crippen molar-refractivity contribution in [1.82, 2.24) is 4.98 Å². The minimum absolute atomic E-state index is 0.0105. The monoisotopic (exact) mass is 235 g/mol. The van der Waals surface area contributed by atoms with E-state index in [2.05, 4.69) is 4.98 Å². The van der Waals surface area contributed by atoms with Gasteiger partial charge in [-0.05, 0) is 17.5 Å². The number of nitrogens with zero attached hydrogens (tertiary/aromatic N) is 1. The summed E-state index contributed by atoms with van der Waals surface area (Å²) in [7, 11) is 0. The first-order valence-corrected chi connectivity index (χ1v) is 5.49. The van der Waals surface area contributed by atoms with Gasteiger partial charge in [-0.25, -0.2) is 9.78 Å². The summed E-state index contributed by atoms with van der Waals surface area (Å²) in [6.45, 7) is 0.410. The van der Waals surface area contributed by atoms with Gasteiger partial charge in [0, 0.05) is 10.9 Å². The predicted octanol–water partition coefficient (Wildman–Crippen LogP) is 2.42. The average molecular weight is 235 g/mol. The highest BCUT2D eigenvalue weighted by molar-refractivity contribution is 7.09. The number of thiophene rings is 1. The van der Waals surface area contributed by atoms with Crippen LogP contribution in [0.4, 0.5) is 0 Å². The molecule has 0 aromatic carbocycles. The molecule has 16 heavy (non-hydrogen) atoms. The molecule has 0 aliphatic rings. The molecule has 0 saturated carbocycles. The first-order chi connectivity index (χ1) is 7.75. The Kier molecular flexibility index (Phi) is 3.16. The van der Waals surface area contributed by atoms with Crippen molar-refractivity contribution in [3.63, 3.8) is 0 Å². The molecule has 0 unspecified atom stereocenters. The molecule has 0 saturated heterocycles. The van der Waals surface area contributed by atoms with Crippen molar-refractivity contribution in [2.45, 2.75) is 6.61 Å². The van der Waals surface area contributed by atoms with Crippen molar-refractivity contribution in [3.05, 3.63) is 46.3 Å². The lowest BCUT2D eigenvalue weighted by atomic mass is 10.3. The molecule has 2 aromatic heterocycles. The second kappa shape index (κ2) is 4.76. The first-order valence-electron chi connectivity index (χ1n) is 4.61. The molecule has 4 nitrogen and oxygen atoms in total. The fraction of sp³-hybridized carbons (Fsp3) is 0.0909. The van der Waals surface area contributed by atoms with Crippen LogP contribution in [0.1, 0.15) is 15.4 Å². The van der Waals surface area contributed by atoms with Crippen LogP contribution >= 0.6 is 11.3 Å². The van der Waals surface area contributed by atoms with Gasteiger partial charge in [0.2, 0.25) is 5.88 Å². The second-order valence-electron chi connectivity index (χ2n) is 3.03. The maximum atomic E-state index is 10.7. The highest BCUT2D eigenvalue weighted by Crippen LogP contribution is 2.13. The van der Waals surface area contributed by atoms with Crippen molar-refractivity contribution in [2.75, 3.05) is 0 Å². The minimum Gasteiger partial charge on any atom is -0.477 e. The van der Waals surface area contributed by atoms with Crippen LogP contribution in [0.2, 0.25) is 0 Å². The Bertz CT molecular complexity index is 482. The van der Waals surface area contributed by atoms with Gasteiger partial charge in [-0.2, -0.15) is 0 Å². The lowest BCUT2D eigenvalue weighted by molar-refractivity contribution is 0.0689. The number of carboxylic acid groups (broad SMARTS) is 1. The molecule has 2 heterocycles. The molecule has 2 rings (SSSR count). The van der Waals surface area contributed by atoms with Crippen LogP contribution in [-0.4, -0.2) is 16.1 Å². The zero-order valence-electron chi connectivity index (χ0n) is 8.29. The van der Waals surface area contributed by atoms with E-state index < -0.39 is 5.97 Å². The number of aromatic nitrogens is 1. The van der Waals surface area contributed by atoms with Gasteiger partial charge in [0.05, 0.1) is 0 Å². The van der Waals surface area contributed by atoms with Gasteiger partial charge >= 0.3 is 5.97 Å². The Labute approximate surface area is 96.1 Å². The van der Waals surface area contributed by atoms with E-state index >= 15 is 0 Å². The number of pyridine rings is 1. The second-order valence-corrected chi connectivity index (χ2v) is 4.07. The number of carboxylic acids is 1. The van der Waals surface area contributed by atoms with Crippen molar-refractivity contribution in [1.29, 1.82) is 0 Å². The van der Waals surface area contributed by atoms with Crippen LogP contribution in [-0.2, 0) is 6.61 Å². The zero-order chi connectivity index (χ0) is 11.4. The van der Waals surface area contributed by atoms with E-state index in [4.69, 9.17) is 9.84 Å². The lowest BCUT2D eigenvalue weighted by Gasteiger charge is -2.03. The van der Waals surface area contributed by atoms with Gasteiger partial charge in [0.25, 0.3) is 0 Å². The third kappa shape index (κ3) is 2.58. The van der Waals surface area contributed by atoms with Crippen molar-refractivity contribution in [3.8, 4) is 5.88 Å². The largest absolute Gasteiger partial charge is 0.477 e. The molecule has 0 amide bonds. The first kappa shape index (κ1) is 10.6. The molecule has 0 bridgehead atoms. The summed E-state index contributed by atoms with van der Waals surface area (Å²) in [6.07, 6.45) is 0. The molecule has 0 atom stereocenters. The molecular formula is C11H9NO3S. The van der Waals surface area contributed by atoms with Crippen LogP contribution in [0.5, 0.6) is 5.88 Å². The maximum absolute atomic E-state index is 10.7. The van der Waals surface area contributed by atoms with Gasteiger partial charge in [-0.15, -0.1) is 11.3 Å². The molecule has 1 N–H and O–H groups in total. The standard InChI is InChI=1S/C11H9NO3S/c13-11(14)9-4-1-5-10(12-9)15-7-8-3-2-6-16-8/h1-6H,7H2,(H,13,14). The Morgan fingerprint density at radius 2 is 2.25 bits per heavy atom. The quantitative estimate of drug-likeness (QED) is 0.884. The van der Waals surface area contributed by atoms with Gasteiger partial charge in [-0.3, -0.25) is 0 Å². The van der Waals surface area contributed by atoms with E-state index in [1.807, 2.05) is 17.5 Å². The molecule has 82 valence electrons. The molecule has 0 radical (unpaired) electrons.